The molecular formula is C6H6N2O3S. The van der Waals surface area contributed by atoms with E-state index in [2.05, 4.69) is 0 Å². The second-order valence-corrected chi connectivity index (χ2v) is 3.20. The molecule has 5 nitrogen and oxygen atoms in total. The lowest BCUT2D eigenvalue weighted by Gasteiger charge is -1.90. The standard InChI is InChI=1S/C6H6N2O3S/c1-7(9)4-5-2-3-6(12-5)8(10)11/h2-4H,1H3/b7-4-. The maximum atomic E-state index is 10.5. The van der Waals surface area contributed by atoms with E-state index in [1.54, 1.807) is 0 Å². The molecule has 0 amide bonds. The maximum absolute atomic E-state index is 10.5. The molecule has 12 heavy (non-hydrogen) atoms. The van der Waals surface area contributed by atoms with Gasteiger partial charge in [-0.2, -0.15) is 0 Å². The highest BCUT2D eigenvalue weighted by Crippen LogP contribution is 2.22. The highest BCUT2D eigenvalue weighted by atomic mass is 32.1. The molecule has 1 rings (SSSR count). The molecule has 0 atom stereocenters. The van der Waals surface area contributed by atoms with Gasteiger partial charge in [-0.25, -0.2) is 4.74 Å². The lowest BCUT2D eigenvalue weighted by atomic mass is 10.5. The fourth-order valence-corrected chi connectivity index (χ4v) is 1.48. The Kier molecular flexibility index (Phi) is 2.39. The zero-order valence-electron chi connectivity index (χ0n) is 6.26. The fourth-order valence-electron chi connectivity index (χ4n) is 0.689. The molecule has 0 aliphatic carbocycles. The lowest BCUT2D eigenvalue weighted by Crippen LogP contribution is -1.94. The van der Waals surface area contributed by atoms with Crippen molar-refractivity contribution in [1.29, 1.82) is 0 Å². The number of hydrogen-bond acceptors (Lipinski definition) is 4. The first-order valence-electron chi connectivity index (χ1n) is 3.08. The second kappa shape index (κ2) is 3.31. The van der Waals surface area contributed by atoms with Crippen molar-refractivity contribution < 1.29 is 9.66 Å². The van der Waals surface area contributed by atoms with E-state index in [4.69, 9.17) is 0 Å². The smallest absolute Gasteiger partial charge is 0.324 e. The molecule has 6 heteroatoms. The zero-order chi connectivity index (χ0) is 9.14. The Labute approximate surface area is 72.3 Å². The fraction of sp³-hybridized carbons (Fsp3) is 0.167. The lowest BCUT2D eigenvalue weighted by molar-refractivity contribution is -0.416. The van der Waals surface area contributed by atoms with Crippen LogP contribution in [0, 0.1) is 15.3 Å². The summed E-state index contributed by atoms with van der Waals surface area (Å²) in [6.07, 6.45) is 1.29. The first kappa shape index (κ1) is 8.66. The molecule has 0 saturated carbocycles. The van der Waals surface area contributed by atoms with E-state index in [1.165, 1.54) is 25.4 Å². The van der Waals surface area contributed by atoms with Crippen molar-refractivity contribution in [3.8, 4) is 0 Å². The van der Waals surface area contributed by atoms with Gasteiger partial charge in [0.15, 0.2) is 6.21 Å². The Bertz CT molecular complexity index is 327. The molecule has 0 spiro atoms. The first-order valence-corrected chi connectivity index (χ1v) is 3.90. The summed E-state index contributed by atoms with van der Waals surface area (Å²) < 4.78 is 0.607. The van der Waals surface area contributed by atoms with Gasteiger partial charge < -0.3 is 5.21 Å². The summed E-state index contributed by atoms with van der Waals surface area (Å²) in [5.41, 5.74) is 0. The SMILES string of the molecule is C/[N+]([O-])=C/c1ccc([N+](=O)[O-])s1. The largest absolute Gasteiger partial charge is 0.624 e. The zero-order valence-corrected chi connectivity index (χ0v) is 7.08. The van der Waals surface area contributed by atoms with E-state index < -0.39 is 4.92 Å². The molecule has 0 radical (unpaired) electrons. The summed E-state index contributed by atoms with van der Waals surface area (Å²) in [5, 5.41) is 20.7. The molecule has 0 aliphatic rings. The average molecular weight is 186 g/mol. The molecule has 1 aromatic rings. The van der Waals surface area contributed by atoms with Gasteiger partial charge in [0.25, 0.3) is 0 Å². The summed E-state index contributed by atoms with van der Waals surface area (Å²) in [6.45, 7) is 0. The molecule has 0 saturated heterocycles. The second-order valence-electron chi connectivity index (χ2n) is 2.11. The summed E-state index contributed by atoms with van der Waals surface area (Å²) >= 11 is 0.973. The minimum absolute atomic E-state index is 0.0445. The maximum Gasteiger partial charge on any atom is 0.324 e. The van der Waals surface area contributed by atoms with Crippen LogP contribution in [0.25, 0.3) is 0 Å². The van der Waals surface area contributed by atoms with Crippen LogP contribution in [-0.4, -0.2) is 22.9 Å². The molecule has 0 bridgehead atoms. The van der Waals surface area contributed by atoms with Gasteiger partial charge in [0.2, 0.25) is 0 Å². The summed E-state index contributed by atoms with van der Waals surface area (Å²) in [6, 6.07) is 2.91. The minimum Gasteiger partial charge on any atom is -0.624 e. The number of hydroxylamine groups is 1. The molecule has 1 aromatic heterocycles. The van der Waals surface area contributed by atoms with Crippen LogP contribution in [0.5, 0.6) is 0 Å². The first-order chi connectivity index (χ1) is 5.59. The normalized spacial score (nSPS) is 11.6. The molecule has 0 fully saturated rings. The molecule has 0 N–H and O–H groups in total. The molecule has 64 valence electrons. The summed E-state index contributed by atoms with van der Waals surface area (Å²) in [7, 11) is 1.32. The van der Waals surface area contributed by atoms with Crippen molar-refractivity contribution in [2.24, 2.45) is 0 Å². The van der Waals surface area contributed by atoms with Crippen molar-refractivity contribution in [2.45, 2.75) is 0 Å². The number of rotatable bonds is 2. The van der Waals surface area contributed by atoms with Crippen LogP contribution in [0.15, 0.2) is 12.1 Å². The van der Waals surface area contributed by atoms with Gasteiger partial charge in [-0.05, 0) is 6.07 Å². The number of nitro groups is 1. The van der Waals surface area contributed by atoms with Crippen molar-refractivity contribution in [2.75, 3.05) is 7.05 Å². The number of hydrogen-bond donors (Lipinski definition) is 0. The van der Waals surface area contributed by atoms with Crippen molar-refractivity contribution in [3.63, 3.8) is 0 Å². The van der Waals surface area contributed by atoms with Gasteiger partial charge in [0.05, 0.1) is 9.80 Å². The predicted octanol–water partition coefficient (Wildman–Crippen LogP) is 1.22. The van der Waals surface area contributed by atoms with Crippen LogP contribution >= 0.6 is 11.3 Å². The van der Waals surface area contributed by atoms with Crippen LogP contribution in [0.1, 0.15) is 4.88 Å². The number of nitrogens with zero attached hydrogens (tertiary/aromatic N) is 2. The quantitative estimate of drug-likeness (QED) is 0.229. The Hall–Kier alpha value is -1.43. The van der Waals surface area contributed by atoms with E-state index in [1.807, 2.05) is 0 Å². The van der Waals surface area contributed by atoms with Gasteiger partial charge in [-0.3, -0.25) is 10.1 Å². The van der Waals surface area contributed by atoms with E-state index in [0.29, 0.717) is 9.62 Å². The van der Waals surface area contributed by atoms with Crippen molar-refractivity contribution in [3.05, 3.63) is 32.3 Å². The summed E-state index contributed by atoms with van der Waals surface area (Å²) in [4.78, 5) is 10.3. The molecule has 0 unspecified atom stereocenters. The molecule has 1 heterocycles. The van der Waals surface area contributed by atoms with Gasteiger partial charge in [0, 0.05) is 6.07 Å². The van der Waals surface area contributed by atoms with Crippen LogP contribution in [0.2, 0.25) is 0 Å². The van der Waals surface area contributed by atoms with Gasteiger partial charge in [0.1, 0.15) is 7.05 Å². The van der Waals surface area contributed by atoms with E-state index in [0.717, 1.165) is 11.3 Å². The minimum atomic E-state index is -0.479. The van der Waals surface area contributed by atoms with Crippen molar-refractivity contribution >= 4 is 22.6 Å². The Balaban J connectivity index is 2.92. The summed E-state index contributed by atoms with van der Waals surface area (Å²) in [5.74, 6) is 0. The third kappa shape index (κ3) is 2.03. The Morgan fingerprint density at radius 3 is 2.58 bits per heavy atom. The Morgan fingerprint density at radius 1 is 1.50 bits per heavy atom. The van der Waals surface area contributed by atoms with E-state index in [9.17, 15) is 15.3 Å². The predicted molar refractivity (Wildman–Crippen MR) is 45.7 cm³/mol. The van der Waals surface area contributed by atoms with Crippen molar-refractivity contribution in [1.82, 2.24) is 0 Å². The van der Waals surface area contributed by atoms with Crippen LogP contribution in [-0.2, 0) is 0 Å². The highest BCUT2D eigenvalue weighted by molar-refractivity contribution is 7.16. The average Bonchev–Trinajstić information content (AvgIpc) is 2.34. The third-order valence-corrected chi connectivity index (χ3v) is 2.07. The molecular weight excluding hydrogens is 180 g/mol. The van der Waals surface area contributed by atoms with Crippen LogP contribution < -0.4 is 0 Å². The Morgan fingerprint density at radius 2 is 2.17 bits per heavy atom. The van der Waals surface area contributed by atoms with Gasteiger partial charge >= 0.3 is 5.00 Å². The van der Waals surface area contributed by atoms with Crippen LogP contribution in [0.3, 0.4) is 0 Å². The van der Waals surface area contributed by atoms with E-state index in [-0.39, 0.29) is 5.00 Å². The number of thiophene rings is 1. The topological polar surface area (TPSA) is 69.2 Å². The third-order valence-electron chi connectivity index (χ3n) is 1.10. The monoisotopic (exact) mass is 186 g/mol. The van der Waals surface area contributed by atoms with Gasteiger partial charge in [-0.1, -0.05) is 11.3 Å². The molecule has 0 aromatic carbocycles. The molecule has 0 aliphatic heterocycles. The van der Waals surface area contributed by atoms with E-state index >= 15 is 0 Å². The van der Waals surface area contributed by atoms with Crippen LogP contribution in [0.4, 0.5) is 5.00 Å². The van der Waals surface area contributed by atoms with Gasteiger partial charge in [-0.15, -0.1) is 0 Å². The highest BCUT2D eigenvalue weighted by Gasteiger charge is 2.09.